The van der Waals surface area contributed by atoms with Gasteiger partial charge in [-0.2, -0.15) is 0 Å². The molecule has 0 atom stereocenters. The molecule has 0 aliphatic rings. The number of ether oxygens (including phenoxy) is 1. The molecular weight excluding hydrogens is 482 g/mol. The first kappa shape index (κ1) is 28.5. The zero-order valence-corrected chi connectivity index (χ0v) is 22.9. The SMILES string of the molecule is Cc1ccc(NCCO[B]c2ccc(COCc3ccc([B]OCCNc4ccc(C)cc4)cc3)cc2)cc1. The van der Waals surface area contributed by atoms with Crippen LogP contribution < -0.4 is 21.6 Å². The van der Waals surface area contributed by atoms with E-state index >= 15 is 0 Å². The van der Waals surface area contributed by atoms with Crippen molar-refractivity contribution < 1.29 is 14.0 Å². The van der Waals surface area contributed by atoms with Crippen LogP contribution in [0.4, 0.5) is 11.4 Å². The Hall–Kier alpha value is -3.51. The van der Waals surface area contributed by atoms with E-state index in [9.17, 15) is 0 Å². The number of rotatable bonds is 16. The van der Waals surface area contributed by atoms with E-state index in [1.807, 2.05) is 24.3 Å². The summed E-state index contributed by atoms with van der Waals surface area (Å²) in [7, 11) is 3.59. The molecule has 0 spiro atoms. The topological polar surface area (TPSA) is 51.8 Å². The summed E-state index contributed by atoms with van der Waals surface area (Å²) in [5.74, 6) is 0. The van der Waals surface area contributed by atoms with Crippen LogP contribution in [0.1, 0.15) is 22.3 Å². The average molecular weight is 518 g/mol. The average Bonchev–Trinajstić information content (AvgIpc) is 2.96. The fraction of sp³-hybridized carbons (Fsp3) is 0.250. The molecule has 5 nitrogen and oxygen atoms in total. The van der Waals surface area contributed by atoms with Crippen LogP contribution in [-0.4, -0.2) is 41.3 Å². The first-order valence-corrected chi connectivity index (χ1v) is 13.4. The van der Waals surface area contributed by atoms with Crippen LogP contribution in [0, 0.1) is 13.8 Å². The number of hydrogen-bond acceptors (Lipinski definition) is 5. The molecule has 0 unspecified atom stereocenters. The van der Waals surface area contributed by atoms with Crippen molar-refractivity contribution in [1.29, 1.82) is 0 Å². The van der Waals surface area contributed by atoms with E-state index < -0.39 is 0 Å². The summed E-state index contributed by atoms with van der Waals surface area (Å²) in [4.78, 5) is 0. The van der Waals surface area contributed by atoms with Crippen LogP contribution in [0.2, 0.25) is 0 Å². The van der Waals surface area contributed by atoms with Gasteiger partial charge in [-0.1, -0.05) is 94.8 Å². The first-order chi connectivity index (χ1) is 19.1. The van der Waals surface area contributed by atoms with E-state index in [0.717, 1.165) is 46.5 Å². The van der Waals surface area contributed by atoms with Gasteiger partial charge >= 0.3 is 15.0 Å². The molecule has 0 heterocycles. The molecule has 0 aliphatic heterocycles. The molecule has 4 aromatic rings. The lowest BCUT2D eigenvalue weighted by Crippen LogP contribution is -2.21. The lowest BCUT2D eigenvalue weighted by molar-refractivity contribution is 0.107. The lowest BCUT2D eigenvalue weighted by atomic mass is 9.87. The smallest absolute Gasteiger partial charge is 0.330 e. The number of aryl methyl sites for hydroxylation is 2. The minimum absolute atomic E-state index is 0.562. The molecule has 0 bridgehead atoms. The van der Waals surface area contributed by atoms with E-state index in [4.69, 9.17) is 14.0 Å². The monoisotopic (exact) mass is 518 g/mol. The number of hydrogen-bond donors (Lipinski definition) is 2. The highest BCUT2D eigenvalue weighted by Crippen LogP contribution is 2.09. The lowest BCUT2D eigenvalue weighted by Gasteiger charge is -2.09. The Morgan fingerprint density at radius 2 is 0.897 bits per heavy atom. The molecule has 4 aromatic carbocycles. The van der Waals surface area contributed by atoms with Crippen molar-refractivity contribution in [3.63, 3.8) is 0 Å². The molecule has 0 saturated heterocycles. The molecule has 198 valence electrons. The van der Waals surface area contributed by atoms with Gasteiger partial charge in [0.05, 0.1) is 13.2 Å². The second kappa shape index (κ2) is 15.8. The predicted octanol–water partition coefficient (Wildman–Crippen LogP) is 4.77. The Kier molecular flexibility index (Phi) is 11.5. The maximum Gasteiger partial charge on any atom is 0.330 e. The van der Waals surface area contributed by atoms with Crippen LogP contribution in [0.3, 0.4) is 0 Å². The van der Waals surface area contributed by atoms with Crippen molar-refractivity contribution in [1.82, 2.24) is 0 Å². The van der Waals surface area contributed by atoms with Gasteiger partial charge in [0.1, 0.15) is 0 Å². The molecule has 0 fully saturated rings. The maximum atomic E-state index is 5.91. The van der Waals surface area contributed by atoms with Gasteiger partial charge in [-0.25, -0.2) is 0 Å². The summed E-state index contributed by atoms with van der Waals surface area (Å²) in [5, 5.41) is 6.71. The van der Waals surface area contributed by atoms with E-state index in [0.29, 0.717) is 26.4 Å². The molecule has 2 radical (unpaired) electrons. The minimum Gasteiger partial charge on any atom is -0.432 e. The molecule has 7 heteroatoms. The molecule has 4 rings (SSSR count). The highest BCUT2D eigenvalue weighted by Gasteiger charge is 2.02. The third kappa shape index (κ3) is 10.6. The van der Waals surface area contributed by atoms with Gasteiger partial charge in [0.25, 0.3) is 0 Å². The Labute approximate surface area is 234 Å². The molecule has 0 amide bonds. The number of anilines is 2. The molecular formula is C32H36B2N2O3. The van der Waals surface area contributed by atoms with E-state index in [1.165, 1.54) is 11.1 Å². The van der Waals surface area contributed by atoms with Gasteiger partial charge in [0, 0.05) is 37.7 Å². The third-order valence-corrected chi connectivity index (χ3v) is 6.14. The Morgan fingerprint density at radius 3 is 1.28 bits per heavy atom. The van der Waals surface area contributed by atoms with Gasteiger partial charge in [0.2, 0.25) is 0 Å². The van der Waals surface area contributed by atoms with Gasteiger partial charge in [-0.05, 0) is 49.2 Å². The van der Waals surface area contributed by atoms with Crippen LogP contribution in [-0.2, 0) is 27.3 Å². The zero-order chi connectivity index (χ0) is 27.1. The van der Waals surface area contributed by atoms with Crippen molar-refractivity contribution in [2.45, 2.75) is 27.1 Å². The Balaban J connectivity index is 1.05. The van der Waals surface area contributed by atoms with E-state index in [1.54, 1.807) is 15.0 Å². The van der Waals surface area contributed by atoms with Crippen LogP contribution in [0.25, 0.3) is 0 Å². The maximum absolute atomic E-state index is 5.91. The largest absolute Gasteiger partial charge is 0.432 e. The fourth-order valence-corrected chi connectivity index (χ4v) is 3.83. The molecule has 2 N–H and O–H groups in total. The van der Waals surface area contributed by atoms with Crippen LogP contribution in [0.15, 0.2) is 97.1 Å². The summed E-state index contributed by atoms with van der Waals surface area (Å²) in [6, 6.07) is 33.2. The van der Waals surface area contributed by atoms with Crippen LogP contribution >= 0.6 is 0 Å². The second-order valence-corrected chi connectivity index (χ2v) is 9.54. The second-order valence-electron chi connectivity index (χ2n) is 9.54. The minimum atomic E-state index is 0.562. The van der Waals surface area contributed by atoms with Crippen molar-refractivity contribution >= 4 is 37.3 Å². The summed E-state index contributed by atoms with van der Waals surface area (Å²) < 4.78 is 17.3. The normalized spacial score (nSPS) is 10.7. The van der Waals surface area contributed by atoms with Crippen molar-refractivity contribution in [2.75, 3.05) is 36.9 Å². The Bertz CT molecular complexity index is 1130. The standard InChI is InChI=1S/C32H36B2N2O3/c1-25-3-15-31(16-4-25)35-19-21-38-33-29-11-7-27(8-12-29)23-37-24-28-9-13-30(14-10-28)34-39-22-20-36-32-17-5-26(2)6-18-32/h3-18,35-36H,19-24H2,1-2H3. The molecule has 0 aliphatic carbocycles. The first-order valence-electron chi connectivity index (χ1n) is 13.4. The molecule has 0 saturated carbocycles. The summed E-state index contributed by atoms with van der Waals surface area (Å²) in [6.07, 6.45) is 0. The van der Waals surface area contributed by atoms with Crippen molar-refractivity contribution in [2.24, 2.45) is 0 Å². The fourth-order valence-electron chi connectivity index (χ4n) is 3.83. The molecule has 39 heavy (non-hydrogen) atoms. The van der Waals surface area contributed by atoms with E-state index in [2.05, 4.69) is 97.3 Å². The van der Waals surface area contributed by atoms with Crippen molar-refractivity contribution in [3.8, 4) is 0 Å². The summed E-state index contributed by atoms with van der Waals surface area (Å²) in [6.45, 7) is 8.01. The van der Waals surface area contributed by atoms with Gasteiger partial charge in [-0.15, -0.1) is 0 Å². The highest BCUT2D eigenvalue weighted by molar-refractivity contribution is 6.47. The van der Waals surface area contributed by atoms with E-state index in [-0.39, 0.29) is 0 Å². The number of nitrogens with one attached hydrogen (secondary N) is 2. The van der Waals surface area contributed by atoms with Gasteiger partial charge in [0.15, 0.2) is 0 Å². The molecule has 0 aromatic heterocycles. The third-order valence-electron chi connectivity index (χ3n) is 6.14. The van der Waals surface area contributed by atoms with Gasteiger partial charge in [-0.3, -0.25) is 0 Å². The Morgan fingerprint density at radius 1 is 0.513 bits per heavy atom. The highest BCUT2D eigenvalue weighted by atomic mass is 16.5. The quantitative estimate of drug-likeness (QED) is 0.166. The van der Waals surface area contributed by atoms with Crippen LogP contribution in [0.5, 0.6) is 0 Å². The van der Waals surface area contributed by atoms with Gasteiger partial charge < -0.3 is 24.7 Å². The zero-order valence-electron chi connectivity index (χ0n) is 22.9. The predicted molar refractivity (Wildman–Crippen MR) is 163 cm³/mol. The summed E-state index contributed by atoms with van der Waals surface area (Å²) >= 11 is 0. The summed E-state index contributed by atoms with van der Waals surface area (Å²) in [5.41, 5.74) is 9.06. The number of benzene rings is 4. The van der Waals surface area contributed by atoms with Crippen molar-refractivity contribution in [3.05, 3.63) is 119 Å².